The van der Waals surface area contributed by atoms with E-state index < -0.39 is 59.0 Å². The van der Waals surface area contributed by atoms with Crippen LogP contribution in [0.1, 0.15) is 6.42 Å². The maximum Gasteiger partial charge on any atom is 1.00 e. The Balaban J connectivity index is 0. The molecule has 25 heavy (non-hydrogen) atoms. The molecule has 0 aromatic rings. The van der Waals surface area contributed by atoms with E-state index in [-0.39, 0.29) is 51.4 Å². The SMILES string of the molecule is O=S([O-])CCC(F)(F)C(F)(F)C(F)(F)C(F)(F)C(F)(F)C(F)(F)F.[K+]. The van der Waals surface area contributed by atoms with Crippen LogP contribution in [0.2, 0.25) is 0 Å². The van der Waals surface area contributed by atoms with Crippen molar-refractivity contribution in [2.45, 2.75) is 42.2 Å². The molecule has 1 unspecified atom stereocenters. The maximum atomic E-state index is 13.0. The molecule has 1 atom stereocenters. The van der Waals surface area contributed by atoms with Gasteiger partial charge < -0.3 is 4.55 Å². The molecular formula is C8H4F13KO2S. The third kappa shape index (κ3) is 4.82. The monoisotopic (exact) mass is 450 g/mol. The molecule has 0 aliphatic carbocycles. The van der Waals surface area contributed by atoms with Crippen molar-refractivity contribution in [3.05, 3.63) is 0 Å². The average Bonchev–Trinajstić information content (AvgIpc) is 2.34. The van der Waals surface area contributed by atoms with Gasteiger partial charge in [-0.25, -0.2) is 0 Å². The molecule has 0 aliphatic heterocycles. The van der Waals surface area contributed by atoms with Crippen LogP contribution in [0.5, 0.6) is 0 Å². The summed E-state index contributed by atoms with van der Waals surface area (Å²) in [6, 6.07) is 0. The van der Waals surface area contributed by atoms with Crippen molar-refractivity contribution in [2.75, 3.05) is 5.75 Å². The van der Waals surface area contributed by atoms with Gasteiger partial charge in [0.15, 0.2) is 0 Å². The van der Waals surface area contributed by atoms with Gasteiger partial charge in [-0.3, -0.25) is 4.21 Å². The molecule has 0 aliphatic rings. The molecule has 17 heteroatoms. The second-order valence-electron chi connectivity index (χ2n) is 4.26. The summed E-state index contributed by atoms with van der Waals surface area (Å²) >= 11 is -3.55. The fraction of sp³-hybridized carbons (Fsp3) is 1.00. The number of halogens is 13. The fourth-order valence-corrected chi connectivity index (χ4v) is 1.59. The Kier molecular flexibility index (Phi) is 9.05. The summed E-state index contributed by atoms with van der Waals surface area (Å²) in [5, 5.41) is 0. The Labute approximate surface area is 175 Å². The van der Waals surface area contributed by atoms with Crippen molar-refractivity contribution >= 4 is 11.1 Å². The van der Waals surface area contributed by atoms with Gasteiger partial charge in [-0.05, 0) is 0 Å². The maximum absolute atomic E-state index is 13.0. The van der Waals surface area contributed by atoms with Gasteiger partial charge >= 0.3 is 87.2 Å². The van der Waals surface area contributed by atoms with Crippen LogP contribution in [0.4, 0.5) is 57.1 Å². The number of hydrogen-bond donors (Lipinski definition) is 0. The van der Waals surface area contributed by atoms with Crippen LogP contribution in [0.3, 0.4) is 0 Å². The molecule has 0 aromatic heterocycles. The molecule has 0 aromatic carbocycles. The molecule has 2 nitrogen and oxygen atoms in total. The van der Waals surface area contributed by atoms with Crippen LogP contribution in [0, 0.1) is 0 Å². The summed E-state index contributed by atoms with van der Waals surface area (Å²) in [6.45, 7) is 0. The molecule has 0 spiro atoms. The third-order valence-corrected chi connectivity index (χ3v) is 3.12. The molecule has 0 amide bonds. The van der Waals surface area contributed by atoms with Crippen molar-refractivity contribution in [2.24, 2.45) is 0 Å². The normalized spacial score (nSPS) is 16.4. The van der Waals surface area contributed by atoms with E-state index in [1.165, 1.54) is 0 Å². The Bertz CT molecular complexity index is 489. The molecule has 0 radical (unpaired) electrons. The van der Waals surface area contributed by atoms with Crippen molar-refractivity contribution in [3.63, 3.8) is 0 Å². The van der Waals surface area contributed by atoms with Crippen LogP contribution >= 0.6 is 0 Å². The van der Waals surface area contributed by atoms with Gasteiger partial charge in [0.1, 0.15) is 0 Å². The third-order valence-electron chi connectivity index (χ3n) is 2.58. The van der Waals surface area contributed by atoms with E-state index in [1.54, 1.807) is 0 Å². The van der Waals surface area contributed by atoms with Crippen LogP contribution in [0.25, 0.3) is 0 Å². The smallest absolute Gasteiger partial charge is 0.772 e. The number of hydrogen-bond acceptors (Lipinski definition) is 2. The van der Waals surface area contributed by atoms with Gasteiger partial charge in [0.2, 0.25) is 0 Å². The van der Waals surface area contributed by atoms with Crippen LogP contribution in [-0.4, -0.2) is 50.3 Å². The van der Waals surface area contributed by atoms with Gasteiger partial charge in [0.05, 0.1) is 0 Å². The fourth-order valence-electron chi connectivity index (χ4n) is 1.17. The van der Waals surface area contributed by atoms with E-state index in [0.29, 0.717) is 0 Å². The minimum Gasteiger partial charge on any atom is -0.772 e. The summed E-state index contributed by atoms with van der Waals surface area (Å²) in [7, 11) is 0. The molecule has 0 bridgehead atoms. The molecule has 0 saturated carbocycles. The molecular weight excluding hydrogens is 446 g/mol. The number of alkyl halides is 13. The predicted octanol–water partition coefficient (Wildman–Crippen LogP) is 0.998. The molecule has 0 N–H and O–H groups in total. The van der Waals surface area contributed by atoms with E-state index >= 15 is 0 Å². The first-order valence-electron chi connectivity index (χ1n) is 5.18. The largest absolute Gasteiger partial charge is 1.00 e. The van der Waals surface area contributed by atoms with Crippen LogP contribution < -0.4 is 51.4 Å². The van der Waals surface area contributed by atoms with E-state index in [9.17, 15) is 65.8 Å². The first-order chi connectivity index (χ1) is 10.2. The van der Waals surface area contributed by atoms with Crippen molar-refractivity contribution in [1.29, 1.82) is 0 Å². The van der Waals surface area contributed by atoms with Gasteiger partial charge in [-0.2, -0.15) is 57.1 Å². The minimum absolute atomic E-state index is 0. The topological polar surface area (TPSA) is 40.1 Å². The zero-order valence-corrected chi connectivity index (χ0v) is 15.5. The van der Waals surface area contributed by atoms with Crippen LogP contribution in [-0.2, 0) is 11.1 Å². The Morgan fingerprint density at radius 2 is 0.960 bits per heavy atom. The summed E-state index contributed by atoms with van der Waals surface area (Å²) in [5.74, 6) is -39.4. The molecule has 0 rings (SSSR count). The molecule has 146 valence electrons. The van der Waals surface area contributed by atoms with Gasteiger partial charge in [-0.1, -0.05) is 11.1 Å². The summed E-state index contributed by atoms with van der Waals surface area (Å²) in [6.07, 6.45) is -10.2. The molecule has 0 heterocycles. The number of rotatable bonds is 7. The Hall–Kier alpha value is 0.836. The van der Waals surface area contributed by atoms with E-state index in [4.69, 9.17) is 0 Å². The average molecular weight is 450 g/mol. The quantitative estimate of drug-likeness (QED) is 0.330. The van der Waals surface area contributed by atoms with Gasteiger partial charge in [-0.15, -0.1) is 0 Å². The first-order valence-corrected chi connectivity index (χ1v) is 6.43. The van der Waals surface area contributed by atoms with Crippen molar-refractivity contribution in [3.8, 4) is 0 Å². The second kappa shape index (κ2) is 8.06. The van der Waals surface area contributed by atoms with Gasteiger partial charge in [0, 0.05) is 12.2 Å². The molecule has 0 saturated heterocycles. The standard InChI is InChI=1S/C8H5F13O2S.K/c9-3(10,1-2-24(22)23)4(11,12)5(13,14)6(15,16)7(17,18)8(19,20)21;/h1-2H2,(H,22,23);/q;+1/p-1. The summed E-state index contributed by atoms with van der Waals surface area (Å²) in [4.78, 5) is 0. The summed E-state index contributed by atoms with van der Waals surface area (Å²) in [5.41, 5.74) is 0. The van der Waals surface area contributed by atoms with Crippen molar-refractivity contribution < 1.29 is 117 Å². The van der Waals surface area contributed by atoms with E-state index in [2.05, 4.69) is 0 Å². The molecule has 0 fully saturated rings. The van der Waals surface area contributed by atoms with E-state index in [0.717, 1.165) is 0 Å². The zero-order chi connectivity index (χ0) is 20.0. The second-order valence-corrected chi connectivity index (χ2v) is 5.27. The summed E-state index contributed by atoms with van der Waals surface area (Å²) < 4.78 is 183. The van der Waals surface area contributed by atoms with Gasteiger partial charge in [0.25, 0.3) is 0 Å². The Morgan fingerprint density at radius 3 is 1.24 bits per heavy atom. The first kappa shape index (κ1) is 28.0. The van der Waals surface area contributed by atoms with Crippen molar-refractivity contribution in [1.82, 2.24) is 0 Å². The zero-order valence-electron chi connectivity index (χ0n) is 11.6. The van der Waals surface area contributed by atoms with Crippen LogP contribution in [0.15, 0.2) is 0 Å². The Morgan fingerprint density at radius 1 is 0.640 bits per heavy atom. The minimum atomic E-state index is -7.97. The predicted molar refractivity (Wildman–Crippen MR) is 49.2 cm³/mol. The van der Waals surface area contributed by atoms with E-state index in [1.807, 2.05) is 0 Å².